The van der Waals surface area contributed by atoms with Gasteiger partial charge in [-0.15, -0.1) is 0 Å². The highest BCUT2D eigenvalue weighted by Crippen LogP contribution is 2.32. The van der Waals surface area contributed by atoms with Crippen molar-refractivity contribution in [1.82, 2.24) is 15.2 Å². The van der Waals surface area contributed by atoms with Crippen molar-refractivity contribution in [1.29, 1.82) is 0 Å². The molecule has 0 radical (unpaired) electrons. The molecule has 1 aliphatic carbocycles. The number of halogens is 2. The smallest absolute Gasteiger partial charge is 0.237 e. The number of nitrogens with one attached hydrogen (secondary N) is 2. The van der Waals surface area contributed by atoms with E-state index in [0.717, 1.165) is 65.6 Å². The van der Waals surface area contributed by atoms with Gasteiger partial charge in [-0.05, 0) is 78.3 Å². The Bertz CT molecular complexity index is 1210. The van der Waals surface area contributed by atoms with Crippen molar-refractivity contribution in [3.63, 3.8) is 0 Å². The predicted octanol–water partition coefficient (Wildman–Crippen LogP) is 4.91. The number of carbonyl (C=O) groups excluding carboxylic acids is 1. The average molecular weight is 483 g/mol. The summed E-state index contributed by atoms with van der Waals surface area (Å²) in [4.78, 5) is 18.5. The molecule has 172 valence electrons. The Morgan fingerprint density at radius 1 is 1.15 bits per heavy atom. The molecule has 1 saturated heterocycles. The van der Waals surface area contributed by atoms with E-state index < -0.39 is 6.04 Å². The van der Waals surface area contributed by atoms with Crippen molar-refractivity contribution in [2.45, 2.75) is 44.3 Å². The maximum absolute atomic E-state index is 12.8. The summed E-state index contributed by atoms with van der Waals surface area (Å²) in [5.74, 6) is -0.0666. The summed E-state index contributed by atoms with van der Waals surface area (Å²) >= 11 is 12.3. The van der Waals surface area contributed by atoms with Gasteiger partial charge in [-0.3, -0.25) is 9.69 Å². The molecule has 5 rings (SSSR count). The highest BCUT2D eigenvalue weighted by Gasteiger charge is 2.25. The topological polar surface area (TPSA) is 74.2 Å². The first-order valence-electron chi connectivity index (χ1n) is 11.5. The Kier molecular flexibility index (Phi) is 6.48. The second-order valence-corrected chi connectivity index (χ2v) is 9.98. The summed E-state index contributed by atoms with van der Waals surface area (Å²) in [5, 5.41) is 5.85. The van der Waals surface area contributed by atoms with Gasteiger partial charge in [-0.2, -0.15) is 0 Å². The highest BCUT2D eigenvalue weighted by atomic mass is 35.5. The lowest BCUT2D eigenvalue weighted by atomic mass is 9.98. The predicted molar refractivity (Wildman–Crippen MR) is 135 cm³/mol. The van der Waals surface area contributed by atoms with E-state index in [9.17, 15) is 4.79 Å². The van der Waals surface area contributed by atoms with Crippen molar-refractivity contribution >= 4 is 45.6 Å². The number of nitrogens with two attached hydrogens (primary N) is 1. The van der Waals surface area contributed by atoms with Crippen molar-refractivity contribution in [3.8, 4) is 0 Å². The minimum atomic E-state index is -0.549. The molecule has 4 N–H and O–H groups in total. The Balaban J connectivity index is 1.11. The molecule has 1 amide bonds. The number of piperidine rings is 1. The van der Waals surface area contributed by atoms with Crippen LogP contribution >= 0.6 is 23.2 Å². The number of allylic oxidation sites excluding steroid dienone is 1. The molecule has 1 fully saturated rings. The standard InChI is InChI=1S/C26H28Cl2N4O/c27-19-3-5-22-16(11-19)1-2-17(22)12-24(29)26(33)31-21-7-9-32(10-8-21)15-18-14-30-25-6-4-20(28)13-23(18)25/h2-6,11,13-14,21,24,30H,1,7-10,12,15,29H2,(H,31,33)/t24-/m0/s1. The molecule has 33 heavy (non-hydrogen) atoms. The van der Waals surface area contributed by atoms with Crippen molar-refractivity contribution < 1.29 is 4.79 Å². The van der Waals surface area contributed by atoms with Crippen LogP contribution in [0, 0.1) is 0 Å². The first-order valence-corrected chi connectivity index (χ1v) is 12.2. The zero-order chi connectivity index (χ0) is 22.9. The molecule has 1 aliphatic heterocycles. The van der Waals surface area contributed by atoms with Crippen molar-refractivity contribution in [3.05, 3.63) is 75.4 Å². The molecule has 2 heterocycles. The second kappa shape index (κ2) is 9.51. The third-order valence-corrected chi connectivity index (χ3v) is 7.29. The molecule has 0 unspecified atom stereocenters. The van der Waals surface area contributed by atoms with Crippen LogP contribution in [0.15, 0.2) is 48.7 Å². The fourth-order valence-electron chi connectivity index (χ4n) is 4.98. The molecule has 7 heteroatoms. The number of likely N-dealkylation sites (tertiary alicyclic amines) is 1. The zero-order valence-electron chi connectivity index (χ0n) is 18.4. The van der Waals surface area contributed by atoms with Crippen LogP contribution < -0.4 is 11.1 Å². The van der Waals surface area contributed by atoms with Crippen LogP contribution in [0.2, 0.25) is 10.0 Å². The van der Waals surface area contributed by atoms with Gasteiger partial charge in [-0.1, -0.05) is 35.3 Å². The fourth-order valence-corrected chi connectivity index (χ4v) is 5.34. The van der Waals surface area contributed by atoms with Gasteiger partial charge in [0.25, 0.3) is 0 Å². The van der Waals surface area contributed by atoms with Gasteiger partial charge in [0.05, 0.1) is 6.04 Å². The van der Waals surface area contributed by atoms with Gasteiger partial charge in [-0.25, -0.2) is 0 Å². The number of aromatic nitrogens is 1. The maximum atomic E-state index is 12.8. The number of carbonyl (C=O) groups is 1. The summed E-state index contributed by atoms with van der Waals surface area (Å²) in [6.07, 6.45) is 7.46. The third-order valence-electron chi connectivity index (χ3n) is 6.82. The number of amides is 1. The molecular formula is C26H28Cl2N4O. The maximum Gasteiger partial charge on any atom is 0.237 e. The lowest BCUT2D eigenvalue weighted by molar-refractivity contribution is -0.123. The minimum Gasteiger partial charge on any atom is -0.361 e. The van der Waals surface area contributed by atoms with Gasteiger partial charge in [0.15, 0.2) is 0 Å². The largest absolute Gasteiger partial charge is 0.361 e. The first kappa shape index (κ1) is 22.5. The number of rotatable bonds is 6. The Hall–Kier alpha value is -2.31. The first-order chi connectivity index (χ1) is 16.0. The minimum absolute atomic E-state index is 0.0666. The summed E-state index contributed by atoms with van der Waals surface area (Å²) in [6.45, 7) is 2.75. The van der Waals surface area contributed by atoms with Crippen LogP contribution in [0.25, 0.3) is 16.5 Å². The molecule has 2 aromatic carbocycles. The van der Waals surface area contributed by atoms with Crippen LogP contribution in [0.1, 0.15) is 36.0 Å². The SMILES string of the molecule is N[C@@H](CC1=CCc2cc(Cl)ccc21)C(=O)NC1CCN(Cc2c[nH]c3ccc(Cl)cc23)CC1. The van der Waals surface area contributed by atoms with Crippen LogP contribution in [0.5, 0.6) is 0 Å². The van der Waals surface area contributed by atoms with E-state index in [1.807, 2.05) is 36.4 Å². The van der Waals surface area contributed by atoms with Gasteiger partial charge >= 0.3 is 0 Å². The summed E-state index contributed by atoms with van der Waals surface area (Å²) in [5.41, 5.74) is 12.1. The lowest BCUT2D eigenvalue weighted by Gasteiger charge is -2.32. The molecule has 3 aromatic rings. The van der Waals surface area contributed by atoms with Gasteiger partial charge < -0.3 is 16.0 Å². The number of H-pyrrole nitrogens is 1. The number of fused-ring (bicyclic) bond motifs is 2. The second-order valence-electron chi connectivity index (χ2n) is 9.11. The van der Waals surface area contributed by atoms with Gasteiger partial charge in [0, 0.05) is 52.8 Å². The van der Waals surface area contributed by atoms with Crippen LogP contribution in [0.3, 0.4) is 0 Å². The number of aromatic amines is 1. The molecule has 0 spiro atoms. The molecular weight excluding hydrogens is 455 g/mol. The van der Waals surface area contributed by atoms with Crippen molar-refractivity contribution in [2.24, 2.45) is 5.73 Å². The van der Waals surface area contributed by atoms with Crippen LogP contribution in [0.4, 0.5) is 0 Å². The molecule has 2 aliphatic rings. The van der Waals surface area contributed by atoms with E-state index in [0.29, 0.717) is 6.42 Å². The number of nitrogens with zero attached hydrogens (tertiary/aromatic N) is 1. The molecule has 0 bridgehead atoms. The molecule has 0 saturated carbocycles. The molecule has 1 atom stereocenters. The number of hydrogen-bond acceptors (Lipinski definition) is 3. The van der Waals surface area contributed by atoms with E-state index in [1.54, 1.807) is 0 Å². The van der Waals surface area contributed by atoms with E-state index >= 15 is 0 Å². The van der Waals surface area contributed by atoms with Gasteiger partial charge in [0.1, 0.15) is 0 Å². The monoisotopic (exact) mass is 482 g/mol. The normalized spacial score (nSPS) is 17.7. The Morgan fingerprint density at radius 2 is 1.91 bits per heavy atom. The zero-order valence-corrected chi connectivity index (χ0v) is 19.9. The highest BCUT2D eigenvalue weighted by molar-refractivity contribution is 6.31. The summed E-state index contributed by atoms with van der Waals surface area (Å²) < 4.78 is 0. The van der Waals surface area contributed by atoms with Crippen LogP contribution in [-0.4, -0.2) is 41.0 Å². The third kappa shape index (κ3) is 4.97. The number of benzene rings is 2. The van der Waals surface area contributed by atoms with E-state index in [2.05, 4.69) is 27.5 Å². The number of hydrogen-bond donors (Lipinski definition) is 3. The Morgan fingerprint density at radius 3 is 2.73 bits per heavy atom. The van der Waals surface area contributed by atoms with E-state index in [4.69, 9.17) is 28.9 Å². The fraction of sp³-hybridized carbons (Fsp3) is 0.346. The molecule has 1 aromatic heterocycles. The summed E-state index contributed by atoms with van der Waals surface area (Å²) in [7, 11) is 0. The van der Waals surface area contributed by atoms with Crippen LogP contribution in [-0.2, 0) is 17.8 Å². The lowest BCUT2D eigenvalue weighted by Crippen LogP contribution is -2.49. The molecule has 5 nitrogen and oxygen atoms in total. The average Bonchev–Trinajstić information content (AvgIpc) is 3.38. The van der Waals surface area contributed by atoms with E-state index in [1.165, 1.54) is 16.5 Å². The van der Waals surface area contributed by atoms with E-state index in [-0.39, 0.29) is 11.9 Å². The quantitative estimate of drug-likeness (QED) is 0.467. The van der Waals surface area contributed by atoms with Crippen molar-refractivity contribution in [2.75, 3.05) is 13.1 Å². The van der Waals surface area contributed by atoms with Gasteiger partial charge in [0.2, 0.25) is 5.91 Å². The summed E-state index contributed by atoms with van der Waals surface area (Å²) in [6, 6.07) is 11.5. The Labute approximate surface area is 203 Å².